The van der Waals surface area contributed by atoms with Crippen molar-refractivity contribution < 1.29 is 22.7 Å². The maximum absolute atomic E-state index is 12.7. The predicted molar refractivity (Wildman–Crippen MR) is 100 cm³/mol. The summed E-state index contributed by atoms with van der Waals surface area (Å²) in [6.45, 7) is 1.66. The third kappa shape index (κ3) is 4.02. The summed E-state index contributed by atoms with van der Waals surface area (Å²) in [4.78, 5) is 24.5. The minimum Gasteiger partial charge on any atom is -0.465 e. The van der Waals surface area contributed by atoms with Gasteiger partial charge in [0, 0.05) is 12.6 Å². The number of anilines is 2. The number of nitrogens with zero attached hydrogens (tertiary/aromatic N) is 1. The van der Waals surface area contributed by atoms with E-state index in [1.807, 2.05) is 0 Å². The average molecular weight is 376 g/mol. The fourth-order valence-corrected chi connectivity index (χ4v) is 3.01. The Balaban J connectivity index is 2.40. The van der Waals surface area contributed by atoms with Crippen molar-refractivity contribution in [3.63, 3.8) is 0 Å². The number of hydrogen-bond acceptors (Lipinski definition) is 5. The molecule has 0 aliphatic rings. The number of amides is 1. The van der Waals surface area contributed by atoms with E-state index < -0.39 is 21.9 Å². The van der Waals surface area contributed by atoms with E-state index in [-0.39, 0.29) is 5.56 Å². The largest absolute Gasteiger partial charge is 0.465 e. The van der Waals surface area contributed by atoms with Gasteiger partial charge in [0.25, 0.3) is 5.91 Å². The molecule has 0 saturated carbocycles. The van der Waals surface area contributed by atoms with Crippen LogP contribution in [0.4, 0.5) is 11.4 Å². The predicted octanol–water partition coefficient (Wildman–Crippen LogP) is 2.43. The average Bonchev–Trinajstić information content (AvgIpc) is 2.60. The molecule has 0 aromatic heterocycles. The molecule has 0 aliphatic carbocycles. The van der Waals surface area contributed by atoms with Gasteiger partial charge in [-0.25, -0.2) is 13.2 Å². The summed E-state index contributed by atoms with van der Waals surface area (Å²) < 4.78 is 29.4. The molecule has 0 aliphatic heterocycles. The topological polar surface area (TPSA) is 92.8 Å². The highest BCUT2D eigenvalue weighted by molar-refractivity contribution is 7.92. The van der Waals surface area contributed by atoms with Crippen molar-refractivity contribution in [2.45, 2.75) is 6.92 Å². The Morgan fingerprint density at radius 2 is 1.65 bits per heavy atom. The van der Waals surface area contributed by atoms with Crippen LogP contribution < -0.4 is 9.62 Å². The highest BCUT2D eigenvalue weighted by Gasteiger charge is 2.20. The van der Waals surface area contributed by atoms with Gasteiger partial charge < -0.3 is 10.1 Å². The van der Waals surface area contributed by atoms with Crippen molar-refractivity contribution in [2.75, 3.05) is 30.0 Å². The van der Waals surface area contributed by atoms with Crippen LogP contribution in [-0.2, 0) is 14.8 Å². The van der Waals surface area contributed by atoms with Crippen molar-refractivity contribution >= 4 is 33.3 Å². The lowest BCUT2D eigenvalue weighted by Crippen LogP contribution is -2.26. The smallest absolute Gasteiger partial charge is 0.339 e. The van der Waals surface area contributed by atoms with Crippen molar-refractivity contribution in [3.8, 4) is 0 Å². The Bertz CT molecular complexity index is 954. The summed E-state index contributed by atoms with van der Waals surface area (Å²) in [6.07, 6.45) is 1.09. The summed E-state index contributed by atoms with van der Waals surface area (Å²) in [5.74, 6) is -1.02. The third-order valence-corrected chi connectivity index (χ3v) is 5.16. The first-order chi connectivity index (χ1) is 12.2. The van der Waals surface area contributed by atoms with Crippen molar-refractivity contribution in [2.24, 2.45) is 0 Å². The van der Waals surface area contributed by atoms with Crippen LogP contribution in [0.25, 0.3) is 0 Å². The van der Waals surface area contributed by atoms with Crippen LogP contribution in [0, 0.1) is 6.92 Å². The first-order valence-electron chi connectivity index (χ1n) is 7.69. The Hall–Kier alpha value is -2.87. The van der Waals surface area contributed by atoms with Crippen LogP contribution in [0.2, 0.25) is 0 Å². The lowest BCUT2D eigenvalue weighted by molar-refractivity contribution is 0.0602. The molecule has 2 aromatic rings. The second-order valence-corrected chi connectivity index (χ2v) is 7.69. The molecule has 8 heteroatoms. The number of nitrogens with one attached hydrogen (secondary N) is 1. The van der Waals surface area contributed by atoms with Gasteiger partial charge in [-0.1, -0.05) is 18.2 Å². The van der Waals surface area contributed by atoms with E-state index in [0.717, 1.165) is 10.6 Å². The zero-order chi connectivity index (χ0) is 19.5. The molecule has 1 amide bonds. The number of para-hydroxylation sites is 1. The highest BCUT2D eigenvalue weighted by atomic mass is 32.2. The first-order valence-corrected chi connectivity index (χ1v) is 9.54. The molecule has 0 spiro atoms. The Morgan fingerprint density at radius 1 is 1.04 bits per heavy atom. The fraction of sp³-hybridized carbons (Fsp3) is 0.222. The normalized spacial score (nSPS) is 10.9. The van der Waals surface area contributed by atoms with Gasteiger partial charge in [-0.05, 0) is 36.8 Å². The van der Waals surface area contributed by atoms with Crippen molar-refractivity contribution in [1.29, 1.82) is 0 Å². The number of carbonyl (C=O) groups excluding carboxylic acids is 2. The summed E-state index contributed by atoms with van der Waals surface area (Å²) >= 11 is 0. The van der Waals surface area contributed by atoms with Gasteiger partial charge >= 0.3 is 5.97 Å². The van der Waals surface area contributed by atoms with Gasteiger partial charge in [-0.15, -0.1) is 0 Å². The van der Waals surface area contributed by atoms with E-state index in [1.165, 1.54) is 14.2 Å². The summed E-state index contributed by atoms with van der Waals surface area (Å²) in [5, 5.41) is 2.68. The summed E-state index contributed by atoms with van der Waals surface area (Å²) in [6, 6.07) is 11.3. The van der Waals surface area contributed by atoms with Gasteiger partial charge in [0.1, 0.15) is 0 Å². The molecule has 26 heavy (non-hydrogen) atoms. The van der Waals surface area contributed by atoms with Crippen LogP contribution in [0.1, 0.15) is 26.3 Å². The second-order valence-electron chi connectivity index (χ2n) is 5.67. The quantitative estimate of drug-likeness (QED) is 0.809. The number of methoxy groups -OCH3 is 1. The summed E-state index contributed by atoms with van der Waals surface area (Å²) in [5.41, 5.74) is 1.75. The molecule has 7 nitrogen and oxygen atoms in total. The number of rotatable bonds is 5. The summed E-state index contributed by atoms with van der Waals surface area (Å²) in [7, 11) is -0.779. The molecule has 0 bridgehead atoms. The number of sulfonamides is 1. The van der Waals surface area contributed by atoms with Crippen molar-refractivity contribution in [3.05, 3.63) is 59.2 Å². The fourth-order valence-electron chi connectivity index (χ4n) is 2.46. The highest BCUT2D eigenvalue weighted by Crippen LogP contribution is 2.25. The Kier molecular flexibility index (Phi) is 5.66. The molecular formula is C18H20N2O5S. The molecule has 0 unspecified atom stereocenters. The molecular weight excluding hydrogens is 356 g/mol. The second kappa shape index (κ2) is 7.57. The minimum atomic E-state index is -3.46. The van der Waals surface area contributed by atoms with E-state index in [9.17, 15) is 18.0 Å². The third-order valence-electron chi connectivity index (χ3n) is 3.97. The van der Waals surface area contributed by atoms with E-state index in [1.54, 1.807) is 49.4 Å². The molecule has 2 aromatic carbocycles. The number of hydrogen-bond donors (Lipinski definition) is 1. The zero-order valence-corrected chi connectivity index (χ0v) is 15.8. The van der Waals surface area contributed by atoms with Crippen LogP contribution in [-0.4, -0.2) is 40.7 Å². The Morgan fingerprint density at radius 3 is 2.27 bits per heavy atom. The molecule has 1 N–H and O–H groups in total. The van der Waals surface area contributed by atoms with E-state index in [2.05, 4.69) is 5.32 Å². The number of benzene rings is 2. The Labute approximate surface area is 152 Å². The van der Waals surface area contributed by atoms with Crippen molar-refractivity contribution in [1.82, 2.24) is 0 Å². The SMILES string of the molecule is COC(=O)c1ccccc1NC(=O)c1cccc(N(C)S(C)(=O)=O)c1C. The molecule has 0 saturated heterocycles. The van der Waals surface area contributed by atoms with E-state index in [0.29, 0.717) is 22.5 Å². The molecule has 0 radical (unpaired) electrons. The first kappa shape index (κ1) is 19.5. The molecule has 138 valence electrons. The molecule has 2 rings (SSSR count). The van der Waals surface area contributed by atoms with Gasteiger partial charge in [0.05, 0.1) is 30.3 Å². The number of ether oxygens (including phenoxy) is 1. The number of carbonyl (C=O) groups is 2. The van der Waals surface area contributed by atoms with Crippen LogP contribution in [0.15, 0.2) is 42.5 Å². The molecule has 0 heterocycles. The molecule has 0 atom stereocenters. The van der Waals surface area contributed by atoms with Gasteiger partial charge in [0.2, 0.25) is 10.0 Å². The molecule has 0 fully saturated rings. The minimum absolute atomic E-state index is 0.227. The van der Waals surface area contributed by atoms with Gasteiger partial charge in [-0.3, -0.25) is 9.10 Å². The van der Waals surface area contributed by atoms with E-state index in [4.69, 9.17) is 4.74 Å². The van der Waals surface area contributed by atoms with Crippen LogP contribution in [0.5, 0.6) is 0 Å². The monoisotopic (exact) mass is 376 g/mol. The standard InChI is InChI=1S/C18H20N2O5S/c1-12-13(9-7-11-16(12)20(2)26(4,23)24)17(21)19-15-10-6-5-8-14(15)18(22)25-3/h5-11H,1-4H3,(H,19,21). The lowest BCUT2D eigenvalue weighted by atomic mass is 10.1. The lowest BCUT2D eigenvalue weighted by Gasteiger charge is -2.20. The number of esters is 1. The zero-order valence-electron chi connectivity index (χ0n) is 14.9. The van der Waals surface area contributed by atoms with Gasteiger partial charge in [0.15, 0.2) is 0 Å². The maximum atomic E-state index is 12.7. The maximum Gasteiger partial charge on any atom is 0.339 e. The van der Waals surface area contributed by atoms with E-state index >= 15 is 0 Å². The van der Waals surface area contributed by atoms with Gasteiger partial charge in [-0.2, -0.15) is 0 Å². The van der Waals surface area contributed by atoms with Crippen LogP contribution in [0.3, 0.4) is 0 Å². The van der Waals surface area contributed by atoms with Crippen LogP contribution >= 0.6 is 0 Å².